The zero-order valence-corrected chi connectivity index (χ0v) is 12.8. The Morgan fingerprint density at radius 1 is 1.43 bits per heavy atom. The minimum Gasteiger partial charge on any atom is -0.409 e. The average molecular weight is 297 g/mol. The van der Waals surface area contributed by atoms with Crippen LogP contribution in [0.5, 0.6) is 0 Å². The van der Waals surface area contributed by atoms with Gasteiger partial charge < -0.3 is 21.0 Å². The average Bonchev–Trinajstić information content (AvgIpc) is 2.99. The van der Waals surface area contributed by atoms with Crippen molar-refractivity contribution in [3.8, 4) is 0 Å². The first-order valence-electron chi connectivity index (χ1n) is 8.02. The fourth-order valence-electron chi connectivity index (χ4n) is 3.62. The van der Waals surface area contributed by atoms with Gasteiger partial charge in [-0.15, -0.1) is 0 Å². The fraction of sp³-hybridized carbons (Fsp3) is 0.867. The highest BCUT2D eigenvalue weighted by Crippen LogP contribution is 2.37. The van der Waals surface area contributed by atoms with Crippen molar-refractivity contribution in [2.24, 2.45) is 22.2 Å². The van der Waals surface area contributed by atoms with Crippen molar-refractivity contribution in [2.45, 2.75) is 58.0 Å². The van der Waals surface area contributed by atoms with Crippen molar-refractivity contribution in [3.05, 3.63) is 0 Å². The molecule has 0 aromatic heterocycles. The predicted octanol–water partition coefficient (Wildman–Crippen LogP) is 1.61. The number of amides is 1. The molecule has 2 unspecified atom stereocenters. The normalized spacial score (nSPS) is 29.3. The van der Waals surface area contributed by atoms with E-state index >= 15 is 0 Å². The standard InChI is InChI=1S/C15H27N3O3/c1-2-12-11(6-9-21-12)10-17-14(19)15(13(16)18-20)7-4-3-5-8-15/h11-12,20H,2-10H2,1H3,(H2,16,18)(H,17,19). The number of rotatable bonds is 5. The van der Waals surface area contributed by atoms with Gasteiger partial charge in [-0.2, -0.15) is 0 Å². The van der Waals surface area contributed by atoms with Gasteiger partial charge in [0.2, 0.25) is 5.91 Å². The first-order chi connectivity index (χ1) is 10.1. The number of carbonyl (C=O) groups excluding carboxylic acids is 1. The molecule has 1 amide bonds. The number of hydrogen-bond acceptors (Lipinski definition) is 4. The second-order valence-corrected chi connectivity index (χ2v) is 6.20. The molecule has 0 aromatic carbocycles. The maximum absolute atomic E-state index is 12.6. The molecule has 120 valence electrons. The molecular formula is C15H27N3O3. The molecule has 6 nitrogen and oxygen atoms in total. The van der Waals surface area contributed by atoms with Crippen molar-refractivity contribution < 1.29 is 14.7 Å². The van der Waals surface area contributed by atoms with Crippen LogP contribution in [0.4, 0.5) is 0 Å². The molecule has 21 heavy (non-hydrogen) atoms. The highest BCUT2D eigenvalue weighted by Gasteiger charge is 2.44. The zero-order valence-electron chi connectivity index (χ0n) is 12.8. The minimum absolute atomic E-state index is 0.0504. The third-order valence-electron chi connectivity index (χ3n) is 5.01. The number of oxime groups is 1. The van der Waals surface area contributed by atoms with Gasteiger partial charge in [0, 0.05) is 19.1 Å². The van der Waals surface area contributed by atoms with Gasteiger partial charge in [-0.05, 0) is 25.7 Å². The number of hydrogen-bond donors (Lipinski definition) is 3. The lowest BCUT2D eigenvalue weighted by Gasteiger charge is -2.34. The smallest absolute Gasteiger partial charge is 0.233 e. The first kappa shape index (κ1) is 16.1. The van der Waals surface area contributed by atoms with E-state index in [1.807, 2.05) is 0 Å². The summed E-state index contributed by atoms with van der Waals surface area (Å²) in [4.78, 5) is 12.6. The van der Waals surface area contributed by atoms with Gasteiger partial charge in [-0.25, -0.2) is 0 Å². The summed E-state index contributed by atoms with van der Waals surface area (Å²) in [5.41, 5.74) is 5.01. The predicted molar refractivity (Wildman–Crippen MR) is 80.1 cm³/mol. The van der Waals surface area contributed by atoms with Crippen LogP contribution in [0, 0.1) is 11.3 Å². The Bertz CT molecular complexity index is 392. The number of ether oxygens (including phenoxy) is 1. The van der Waals surface area contributed by atoms with Crippen LogP contribution < -0.4 is 11.1 Å². The van der Waals surface area contributed by atoms with E-state index in [0.717, 1.165) is 38.7 Å². The molecule has 0 bridgehead atoms. The molecule has 2 atom stereocenters. The number of nitrogens with one attached hydrogen (secondary N) is 1. The fourth-order valence-corrected chi connectivity index (χ4v) is 3.62. The maximum Gasteiger partial charge on any atom is 0.233 e. The lowest BCUT2D eigenvalue weighted by molar-refractivity contribution is -0.129. The molecule has 1 aliphatic heterocycles. The summed E-state index contributed by atoms with van der Waals surface area (Å²) in [7, 11) is 0. The topological polar surface area (TPSA) is 96.9 Å². The van der Waals surface area contributed by atoms with E-state index in [1.54, 1.807) is 0 Å². The monoisotopic (exact) mass is 297 g/mol. The van der Waals surface area contributed by atoms with E-state index in [1.165, 1.54) is 0 Å². The summed E-state index contributed by atoms with van der Waals surface area (Å²) < 4.78 is 5.65. The second kappa shape index (κ2) is 7.11. The third-order valence-corrected chi connectivity index (χ3v) is 5.01. The van der Waals surface area contributed by atoms with E-state index in [9.17, 15) is 4.79 Å². The van der Waals surface area contributed by atoms with E-state index in [-0.39, 0.29) is 17.8 Å². The van der Waals surface area contributed by atoms with Crippen molar-refractivity contribution in [3.63, 3.8) is 0 Å². The second-order valence-electron chi connectivity index (χ2n) is 6.20. The Morgan fingerprint density at radius 3 is 2.76 bits per heavy atom. The SMILES string of the molecule is CCC1OCCC1CNC(=O)C1(C(N)=NO)CCCCC1. The van der Waals surface area contributed by atoms with Crippen LogP contribution in [-0.2, 0) is 9.53 Å². The summed E-state index contributed by atoms with van der Waals surface area (Å²) >= 11 is 0. The van der Waals surface area contributed by atoms with E-state index in [4.69, 9.17) is 15.7 Å². The van der Waals surface area contributed by atoms with Crippen molar-refractivity contribution in [1.29, 1.82) is 0 Å². The van der Waals surface area contributed by atoms with E-state index in [0.29, 0.717) is 25.3 Å². The molecular weight excluding hydrogens is 270 g/mol. The van der Waals surface area contributed by atoms with Crippen LogP contribution >= 0.6 is 0 Å². The van der Waals surface area contributed by atoms with E-state index < -0.39 is 5.41 Å². The van der Waals surface area contributed by atoms with Crippen molar-refractivity contribution in [2.75, 3.05) is 13.2 Å². The number of nitrogens with two attached hydrogens (primary N) is 1. The summed E-state index contributed by atoms with van der Waals surface area (Å²) in [6.07, 6.45) is 6.47. The molecule has 1 saturated carbocycles. The zero-order chi connectivity index (χ0) is 15.3. The van der Waals surface area contributed by atoms with Crippen LogP contribution in [-0.4, -0.2) is 36.2 Å². The highest BCUT2D eigenvalue weighted by molar-refractivity contribution is 6.06. The van der Waals surface area contributed by atoms with Gasteiger partial charge in [0.25, 0.3) is 0 Å². The number of amidine groups is 1. The Kier molecular flexibility index (Phi) is 5.45. The van der Waals surface area contributed by atoms with Gasteiger partial charge in [0.15, 0.2) is 5.84 Å². The Hall–Kier alpha value is -1.30. The molecule has 4 N–H and O–H groups in total. The highest BCUT2D eigenvalue weighted by atomic mass is 16.5. The molecule has 1 aliphatic carbocycles. The quantitative estimate of drug-likeness (QED) is 0.311. The molecule has 2 fully saturated rings. The molecule has 0 aromatic rings. The summed E-state index contributed by atoms with van der Waals surface area (Å²) in [5, 5.41) is 15.2. The van der Waals surface area contributed by atoms with Gasteiger partial charge >= 0.3 is 0 Å². The summed E-state index contributed by atoms with van der Waals surface area (Å²) in [6, 6.07) is 0. The lowest BCUT2D eigenvalue weighted by Crippen LogP contribution is -2.52. The van der Waals surface area contributed by atoms with Crippen molar-refractivity contribution in [1.82, 2.24) is 5.32 Å². The van der Waals surface area contributed by atoms with Gasteiger partial charge in [-0.1, -0.05) is 31.3 Å². The number of carbonyl (C=O) groups is 1. The Balaban J connectivity index is 1.99. The summed E-state index contributed by atoms with van der Waals surface area (Å²) in [6.45, 7) is 3.48. The Morgan fingerprint density at radius 2 is 2.14 bits per heavy atom. The molecule has 1 saturated heterocycles. The maximum atomic E-state index is 12.6. The molecule has 0 spiro atoms. The van der Waals surface area contributed by atoms with Crippen LogP contribution in [0.2, 0.25) is 0 Å². The van der Waals surface area contributed by atoms with Gasteiger partial charge in [0.1, 0.15) is 5.41 Å². The molecule has 1 heterocycles. The van der Waals surface area contributed by atoms with Crippen LogP contribution in [0.1, 0.15) is 51.9 Å². The minimum atomic E-state index is -0.825. The van der Waals surface area contributed by atoms with E-state index in [2.05, 4.69) is 17.4 Å². The molecule has 2 rings (SSSR count). The number of nitrogens with zero attached hydrogens (tertiary/aromatic N) is 1. The Labute approximate surface area is 126 Å². The first-order valence-corrected chi connectivity index (χ1v) is 8.02. The molecule has 2 aliphatic rings. The van der Waals surface area contributed by atoms with Crippen LogP contribution in [0.25, 0.3) is 0 Å². The summed E-state index contributed by atoms with van der Waals surface area (Å²) in [5.74, 6) is 0.320. The third kappa shape index (κ3) is 3.31. The lowest BCUT2D eigenvalue weighted by atomic mass is 9.72. The van der Waals surface area contributed by atoms with Gasteiger partial charge in [0.05, 0.1) is 6.10 Å². The van der Waals surface area contributed by atoms with Crippen LogP contribution in [0.15, 0.2) is 5.16 Å². The van der Waals surface area contributed by atoms with Crippen molar-refractivity contribution >= 4 is 11.7 Å². The molecule has 0 radical (unpaired) electrons. The largest absolute Gasteiger partial charge is 0.409 e. The molecule has 6 heteroatoms. The van der Waals surface area contributed by atoms with Gasteiger partial charge in [-0.3, -0.25) is 4.79 Å². The van der Waals surface area contributed by atoms with Crippen LogP contribution in [0.3, 0.4) is 0 Å².